The van der Waals surface area contributed by atoms with E-state index in [4.69, 9.17) is 4.98 Å². The van der Waals surface area contributed by atoms with Crippen molar-refractivity contribution in [3.05, 3.63) is 47.8 Å². The molecule has 2 aromatic heterocycles. The van der Waals surface area contributed by atoms with E-state index in [1.165, 1.54) is 5.69 Å². The molecular formula is C24H32N6O. The van der Waals surface area contributed by atoms with Crippen LogP contribution in [0, 0.1) is 0 Å². The summed E-state index contributed by atoms with van der Waals surface area (Å²) in [5.41, 5.74) is 4.25. The van der Waals surface area contributed by atoms with Gasteiger partial charge in [-0.1, -0.05) is 13.8 Å². The number of nitrogens with one attached hydrogen (secondary N) is 1. The van der Waals surface area contributed by atoms with Gasteiger partial charge in [-0.05, 0) is 57.1 Å². The smallest absolute Gasteiger partial charge is 0.256 e. The Bertz CT molecular complexity index is 1060. The van der Waals surface area contributed by atoms with Crippen LogP contribution in [0.4, 0.5) is 11.4 Å². The molecular weight excluding hydrogens is 388 g/mol. The Labute approximate surface area is 184 Å². The zero-order chi connectivity index (χ0) is 22.1. The maximum absolute atomic E-state index is 13.2. The molecule has 0 unspecified atom stereocenters. The molecule has 0 saturated carbocycles. The van der Waals surface area contributed by atoms with Crippen molar-refractivity contribution in [1.29, 1.82) is 0 Å². The Morgan fingerprint density at radius 3 is 2.32 bits per heavy atom. The Morgan fingerprint density at radius 2 is 1.71 bits per heavy atom. The number of aromatic nitrogens is 3. The summed E-state index contributed by atoms with van der Waals surface area (Å²) >= 11 is 0. The minimum Gasteiger partial charge on any atom is -0.369 e. The van der Waals surface area contributed by atoms with Crippen molar-refractivity contribution in [1.82, 2.24) is 19.7 Å². The van der Waals surface area contributed by atoms with Gasteiger partial charge in [0, 0.05) is 49.3 Å². The molecule has 1 saturated heterocycles. The molecule has 1 N–H and O–H groups in total. The van der Waals surface area contributed by atoms with Gasteiger partial charge in [-0.3, -0.25) is 4.79 Å². The van der Waals surface area contributed by atoms with Crippen LogP contribution in [0.15, 0.2) is 36.5 Å². The number of piperazine rings is 1. The highest BCUT2D eigenvalue weighted by atomic mass is 16.1. The highest BCUT2D eigenvalue weighted by molar-refractivity contribution is 6.12. The van der Waals surface area contributed by atoms with Gasteiger partial charge in [-0.15, -0.1) is 0 Å². The molecule has 7 nitrogen and oxygen atoms in total. The van der Waals surface area contributed by atoms with Gasteiger partial charge in [0.05, 0.1) is 17.1 Å². The van der Waals surface area contributed by atoms with Crippen LogP contribution >= 0.6 is 0 Å². The molecule has 1 aliphatic heterocycles. The third kappa shape index (κ3) is 4.42. The van der Waals surface area contributed by atoms with E-state index in [2.05, 4.69) is 67.1 Å². The Morgan fingerprint density at radius 1 is 1.03 bits per heavy atom. The third-order valence-electron chi connectivity index (χ3n) is 5.91. The molecule has 4 rings (SSSR count). The van der Waals surface area contributed by atoms with Crippen LogP contribution in [0.3, 0.4) is 0 Å². The van der Waals surface area contributed by atoms with Crippen LogP contribution in [0.25, 0.3) is 11.0 Å². The van der Waals surface area contributed by atoms with Gasteiger partial charge in [0.2, 0.25) is 0 Å². The summed E-state index contributed by atoms with van der Waals surface area (Å²) in [7, 11) is 2.15. The van der Waals surface area contributed by atoms with Crippen LogP contribution in [0.5, 0.6) is 0 Å². The highest BCUT2D eigenvalue weighted by Crippen LogP contribution is 2.26. The van der Waals surface area contributed by atoms with Gasteiger partial charge in [-0.25, -0.2) is 9.67 Å². The number of pyridine rings is 1. The maximum atomic E-state index is 13.2. The first-order chi connectivity index (χ1) is 14.8. The lowest BCUT2D eigenvalue weighted by Crippen LogP contribution is -2.44. The molecule has 1 aromatic carbocycles. The number of carbonyl (C=O) groups is 1. The molecule has 7 heteroatoms. The Hall–Kier alpha value is -2.93. The summed E-state index contributed by atoms with van der Waals surface area (Å²) in [5.74, 6) is 0.0827. The first kappa shape index (κ1) is 21.3. The van der Waals surface area contributed by atoms with E-state index >= 15 is 0 Å². The number of carbonyl (C=O) groups excluding carboxylic acids is 1. The lowest BCUT2D eigenvalue weighted by Gasteiger charge is -2.34. The minimum atomic E-state index is -0.134. The molecule has 164 valence electrons. The van der Waals surface area contributed by atoms with Crippen LogP contribution in [-0.4, -0.2) is 58.8 Å². The topological polar surface area (TPSA) is 66.3 Å². The number of hydrogen-bond donors (Lipinski definition) is 1. The summed E-state index contributed by atoms with van der Waals surface area (Å²) < 4.78 is 1.88. The van der Waals surface area contributed by atoms with E-state index in [-0.39, 0.29) is 17.9 Å². The monoisotopic (exact) mass is 420 g/mol. The fourth-order valence-corrected chi connectivity index (χ4v) is 3.92. The zero-order valence-corrected chi connectivity index (χ0v) is 19.1. The predicted octanol–water partition coefficient (Wildman–Crippen LogP) is 4.14. The number of benzene rings is 1. The predicted molar refractivity (Wildman–Crippen MR) is 126 cm³/mol. The van der Waals surface area contributed by atoms with Crippen molar-refractivity contribution in [2.45, 2.75) is 39.7 Å². The normalized spacial score (nSPS) is 15.3. The number of likely N-dealkylation sites (N-methyl/N-ethyl adjacent to an activating group) is 1. The second-order valence-corrected chi connectivity index (χ2v) is 8.96. The molecule has 1 fully saturated rings. The largest absolute Gasteiger partial charge is 0.369 e. The van der Waals surface area contributed by atoms with Gasteiger partial charge in [0.15, 0.2) is 5.65 Å². The highest BCUT2D eigenvalue weighted by Gasteiger charge is 2.19. The Kier molecular flexibility index (Phi) is 5.96. The van der Waals surface area contributed by atoms with E-state index in [0.29, 0.717) is 5.56 Å². The van der Waals surface area contributed by atoms with Crippen molar-refractivity contribution >= 4 is 28.3 Å². The summed E-state index contributed by atoms with van der Waals surface area (Å²) in [6.07, 6.45) is 1.75. The fraction of sp³-hybridized carbons (Fsp3) is 0.458. The van der Waals surface area contributed by atoms with E-state index in [1.54, 1.807) is 6.20 Å². The Balaban J connectivity index is 1.58. The van der Waals surface area contributed by atoms with E-state index in [0.717, 1.165) is 48.6 Å². The number of fused-ring (bicyclic) bond motifs is 1. The summed E-state index contributed by atoms with van der Waals surface area (Å²) in [5, 5.41) is 8.32. The second-order valence-electron chi connectivity index (χ2n) is 8.96. The summed E-state index contributed by atoms with van der Waals surface area (Å²) in [6, 6.07) is 10.2. The lowest BCUT2D eigenvalue weighted by molar-refractivity contribution is 0.102. The molecule has 0 aliphatic carbocycles. The number of amides is 1. The van der Waals surface area contributed by atoms with Crippen molar-refractivity contribution in [3.63, 3.8) is 0 Å². The molecule has 0 radical (unpaired) electrons. The average molecular weight is 421 g/mol. The van der Waals surface area contributed by atoms with Gasteiger partial charge in [0.25, 0.3) is 5.91 Å². The van der Waals surface area contributed by atoms with Crippen LogP contribution in [0.2, 0.25) is 0 Å². The molecule has 1 amide bonds. The van der Waals surface area contributed by atoms with Crippen molar-refractivity contribution in [3.8, 4) is 0 Å². The SMILES string of the molecule is CC(C)c1cc(C(=O)Nc2ccc(N3CCN(C)CC3)cc2)c2cnn(C(C)C)c2n1. The van der Waals surface area contributed by atoms with Crippen molar-refractivity contribution in [2.24, 2.45) is 0 Å². The molecule has 3 aromatic rings. The molecule has 1 aliphatic rings. The molecule has 31 heavy (non-hydrogen) atoms. The minimum absolute atomic E-state index is 0.134. The van der Waals surface area contributed by atoms with Gasteiger partial charge >= 0.3 is 0 Å². The van der Waals surface area contributed by atoms with Crippen LogP contribution < -0.4 is 10.2 Å². The van der Waals surface area contributed by atoms with Crippen molar-refractivity contribution < 1.29 is 4.79 Å². The standard InChI is InChI=1S/C24H32N6O/c1-16(2)22-14-20(21-15-25-30(17(3)4)23(21)27-22)24(31)26-18-6-8-19(9-7-18)29-12-10-28(5)11-13-29/h6-9,14-17H,10-13H2,1-5H3,(H,26,31). The molecule has 3 heterocycles. The average Bonchev–Trinajstić information content (AvgIpc) is 3.18. The zero-order valence-electron chi connectivity index (χ0n) is 19.1. The van der Waals surface area contributed by atoms with E-state index in [1.807, 2.05) is 22.9 Å². The molecule has 0 spiro atoms. The van der Waals surface area contributed by atoms with Gasteiger partial charge < -0.3 is 15.1 Å². The number of nitrogens with zero attached hydrogens (tertiary/aromatic N) is 5. The maximum Gasteiger partial charge on any atom is 0.256 e. The number of anilines is 2. The first-order valence-corrected chi connectivity index (χ1v) is 11.1. The third-order valence-corrected chi connectivity index (χ3v) is 5.91. The lowest BCUT2D eigenvalue weighted by atomic mass is 10.0. The quantitative estimate of drug-likeness (QED) is 0.672. The van der Waals surface area contributed by atoms with E-state index in [9.17, 15) is 4.79 Å². The van der Waals surface area contributed by atoms with Crippen LogP contribution in [0.1, 0.15) is 55.7 Å². The summed E-state index contributed by atoms with van der Waals surface area (Å²) in [4.78, 5) is 22.7. The summed E-state index contributed by atoms with van der Waals surface area (Å²) in [6.45, 7) is 12.5. The molecule has 0 atom stereocenters. The first-order valence-electron chi connectivity index (χ1n) is 11.1. The number of rotatable bonds is 5. The van der Waals surface area contributed by atoms with Gasteiger partial charge in [-0.2, -0.15) is 5.10 Å². The van der Waals surface area contributed by atoms with Crippen LogP contribution in [-0.2, 0) is 0 Å². The number of hydrogen-bond acceptors (Lipinski definition) is 5. The van der Waals surface area contributed by atoms with Crippen molar-refractivity contribution in [2.75, 3.05) is 43.4 Å². The fourth-order valence-electron chi connectivity index (χ4n) is 3.92. The van der Waals surface area contributed by atoms with E-state index < -0.39 is 0 Å². The molecule has 0 bridgehead atoms. The second kappa shape index (κ2) is 8.67. The van der Waals surface area contributed by atoms with Gasteiger partial charge in [0.1, 0.15) is 0 Å².